The van der Waals surface area contributed by atoms with Crippen molar-refractivity contribution in [3.05, 3.63) is 101 Å². The molecule has 36 heavy (non-hydrogen) atoms. The lowest BCUT2D eigenvalue weighted by atomic mass is 10.1. The van der Waals surface area contributed by atoms with Crippen molar-refractivity contribution < 1.29 is 19.1 Å². The van der Waals surface area contributed by atoms with Crippen LogP contribution >= 0.6 is 24.0 Å². The number of aliphatic hydroxyl groups excluding tert-OH is 1. The number of aldehydes is 1. The van der Waals surface area contributed by atoms with E-state index in [2.05, 4.69) is 6.58 Å². The molecule has 0 unspecified atom stereocenters. The zero-order chi connectivity index (χ0) is 27.3. The number of thioether (sulfide) groups is 1. The van der Waals surface area contributed by atoms with Crippen LogP contribution in [0.25, 0.3) is 17.4 Å². The zero-order valence-corrected chi connectivity index (χ0v) is 23.1. The van der Waals surface area contributed by atoms with Gasteiger partial charge in [-0.25, -0.2) is 0 Å². The highest BCUT2D eigenvalue weighted by Crippen LogP contribution is 2.26. The van der Waals surface area contributed by atoms with Crippen LogP contribution in [-0.4, -0.2) is 41.1 Å². The lowest BCUT2D eigenvalue weighted by molar-refractivity contribution is -0.125. The van der Waals surface area contributed by atoms with Gasteiger partial charge in [0.2, 0.25) is 0 Å². The van der Waals surface area contributed by atoms with Gasteiger partial charge in [0, 0.05) is 42.6 Å². The van der Waals surface area contributed by atoms with Crippen molar-refractivity contribution in [2.45, 2.75) is 27.3 Å². The molecule has 0 aliphatic carbocycles. The van der Waals surface area contributed by atoms with Crippen LogP contribution in [0.1, 0.15) is 42.5 Å². The van der Waals surface area contributed by atoms with Gasteiger partial charge in [0.1, 0.15) is 17.8 Å². The molecule has 7 heteroatoms. The van der Waals surface area contributed by atoms with Crippen LogP contribution in [0.15, 0.2) is 88.7 Å². The Morgan fingerprint density at radius 2 is 1.64 bits per heavy atom. The number of thiocarbonyl (C=S) groups is 1. The van der Waals surface area contributed by atoms with E-state index in [1.54, 1.807) is 42.3 Å². The van der Waals surface area contributed by atoms with Gasteiger partial charge < -0.3 is 14.4 Å². The number of carbonyl (C=O) groups excluding carboxylic acids is 2. The fourth-order valence-corrected chi connectivity index (χ4v) is 3.61. The van der Waals surface area contributed by atoms with Crippen LogP contribution in [0, 0.1) is 0 Å². The summed E-state index contributed by atoms with van der Waals surface area (Å²) in [6, 6.07) is 20.5. The number of carbonyl (C=O) groups is 2. The Bertz CT molecular complexity index is 1070. The molecule has 192 valence electrons. The molecule has 1 heterocycles. The smallest absolute Gasteiger partial charge is 0.260 e. The fourth-order valence-electron chi connectivity index (χ4n) is 2.76. The van der Waals surface area contributed by atoms with Gasteiger partial charge in [-0.2, -0.15) is 0 Å². The van der Waals surface area contributed by atoms with Crippen LogP contribution in [-0.2, 0) is 11.3 Å². The Kier molecular flexibility index (Phi) is 18.2. The Morgan fingerprint density at radius 3 is 2.17 bits per heavy atom. The first kappa shape index (κ1) is 32.7. The number of rotatable bonds is 8. The molecular formula is C29H35NO4S2. The largest absolute Gasteiger partial charge is 0.457 e. The third kappa shape index (κ3) is 11.4. The molecule has 3 rings (SSSR count). The predicted molar refractivity (Wildman–Crippen MR) is 157 cm³/mol. The summed E-state index contributed by atoms with van der Waals surface area (Å²) in [5.74, 6) is 1.08. The Balaban J connectivity index is 0.00000159. The minimum Gasteiger partial charge on any atom is -0.457 e. The number of hydrogen-bond acceptors (Lipinski definition) is 6. The molecule has 0 aliphatic rings. The van der Waals surface area contributed by atoms with E-state index in [1.165, 1.54) is 16.5 Å². The molecule has 0 bridgehead atoms. The number of hydrogen-bond donors (Lipinski definition) is 1. The van der Waals surface area contributed by atoms with Crippen molar-refractivity contribution >= 4 is 46.9 Å². The molecule has 0 atom stereocenters. The summed E-state index contributed by atoms with van der Waals surface area (Å²) in [7, 11) is 2.76. The van der Waals surface area contributed by atoms with Gasteiger partial charge in [-0.1, -0.05) is 98.5 Å². The molecule has 3 aromatic rings. The van der Waals surface area contributed by atoms with Gasteiger partial charge in [-0.15, -0.1) is 6.58 Å². The van der Waals surface area contributed by atoms with Gasteiger partial charge in [0.25, 0.3) is 5.91 Å². The van der Waals surface area contributed by atoms with E-state index >= 15 is 0 Å². The van der Waals surface area contributed by atoms with Crippen LogP contribution in [0.5, 0.6) is 0 Å². The number of nitrogens with zero attached hydrogens (tertiary/aromatic N) is 1. The van der Waals surface area contributed by atoms with E-state index in [4.69, 9.17) is 21.7 Å². The Labute approximate surface area is 224 Å². The first-order chi connectivity index (χ1) is 17.5. The summed E-state index contributed by atoms with van der Waals surface area (Å²) >= 11 is 6.14. The second-order valence-corrected chi connectivity index (χ2v) is 8.16. The molecule has 0 fully saturated rings. The van der Waals surface area contributed by atoms with E-state index in [1.807, 2.05) is 69.3 Å². The normalized spacial score (nSPS) is 9.67. The van der Waals surface area contributed by atoms with Crippen LogP contribution in [0.2, 0.25) is 0 Å². The minimum absolute atomic E-state index is 0.131. The summed E-state index contributed by atoms with van der Waals surface area (Å²) in [6.45, 7) is 9.75. The van der Waals surface area contributed by atoms with Crippen LogP contribution < -0.4 is 0 Å². The molecule has 0 saturated carbocycles. The molecule has 0 aliphatic heterocycles. The predicted octanol–water partition coefficient (Wildman–Crippen LogP) is 7.28. The van der Waals surface area contributed by atoms with Crippen molar-refractivity contribution in [3.63, 3.8) is 0 Å². The highest BCUT2D eigenvalue weighted by atomic mass is 32.2. The fraction of sp³-hybridized carbons (Fsp3) is 0.207. The second kappa shape index (κ2) is 20.0. The van der Waals surface area contributed by atoms with Crippen molar-refractivity contribution in [3.8, 4) is 11.3 Å². The maximum absolute atomic E-state index is 12.9. The van der Waals surface area contributed by atoms with Crippen LogP contribution in [0.4, 0.5) is 0 Å². The summed E-state index contributed by atoms with van der Waals surface area (Å²) in [5.41, 5.74) is 2.51. The summed E-state index contributed by atoms with van der Waals surface area (Å²) in [6.07, 6.45) is 4.24. The third-order valence-corrected chi connectivity index (χ3v) is 5.16. The number of aliphatic hydroxyl groups is 1. The maximum Gasteiger partial charge on any atom is 0.260 e. The van der Waals surface area contributed by atoms with Gasteiger partial charge in [-0.05, 0) is 24.6 Å². The van der Waals surface area contributed by atoms with E-state index in [0.29, 0.717) is 28.5 Å². The maximum atomic E-state index is 12.9. The average Bonchev–Trinajstić information content (AvgIpc) is 3.40. The Hall–Kier alpha value is -3.26. The number of allylic oxidation sites excluding steroid dienone is 1. The van der Waals surface area contributed by atoms with Gasteiger partial charge in [0.15, 0.2) is 0 Å². The van der Waals surface area contributed by atoms with Gasteiger partial charge >= 0.3 is 0 Å². The number of benzene rings is 2. The first-order valence-electron chi connectivity index (χ1n) is 11.3. The van der Waals surface area contributed by atoms with Gasteiger partial charge in [-0.3, -0.25) is 9.59 Å². The minimum atomic E-state index is -0.131. The molecule has 0 saturated heterocycles. The van der Waals surface area contributed by atoms with Crippen molar-refractivity contribution in [1.82, 2.24) is 4.90 Å². The lowest BCUT2D eigenvalue weighted by Crippen LogP contribution is -2.26. The first-order valence-corrected chi connectivity index (χ1v) is 12.7. The third-order valence-electron chi connectivity index (χ3n) is 4.23. The van der Waals surface area contributed by atoms with E-state index in [9.17, 15) is 9.59 Å². The van der Waals surface area contributed by atoms with Crippen molar-refractivity contribution in [2.75, 3.05) is 14.2 Å². The lowest BCUT2D eigenvalue weighted by Gasteiger charge is -2.18. The molecule has 0 radical (unpaired) electrons. The quantitative estimate of drug-likeness (QED) is 0.144. The van der Waals surface area contributed by atoms with E-state index in [0.717, 1.165) is 24.5 Å². The Morgan fingerprint density at radius 1 is 1.06 bits per heavy atom. The van der Waals surface area contributed by atoms with E-state index in [-0.39, 0.29) is 5.91 Å². The average molecular weight is 526 g/mol. The summed E-state index contributed by atoms with van der Waals surface area (Å²) in [4.78, 5) is 25.8. The molecule has 5 nitrogen and oxygen atoms in total. The monoisotopic (exact) mass is 525 g/mol. The summed E-state index contributed by atoms with van der Waals surface area (Å²) in [5, 5.41) is 7.00. The standard InChI is InChI=1S/C23H19NO3S2.C3H6.C2H6.CH4O/c1-24(14-17-5-3-2-4-6-17)23(26)22(29-16-28)13-20-11-12-21(27-20)19-9-7-18(15-25)8-10-19;1-3-2;2*1-2/h2-13,15-16H,14H2,1H3;3H,1H2,2H3;1-2H3;2H,1H3/b22-13+;;;. The highest BCUT2D eigenvalue weighted by Gasteiger charge is 2.16. The summed E-state index contributed by atoms with van der Waals surface area (Å²) < 4.78 is 7.33. The molecule has 1 amide bonds. The van der Waals surface area contributed by atoms with Crippen LogP contribution in [0.3, 0.4) is 0 Å². The zero-order valence-electron chi connectivity index (χ0n) is 21.5. The van der Waals surface area contributed by atoms with Crippen molar-refractivity contribution in [1.29, 1.82) is 0 Å². The van der Waals surface area contributed by atoms with Crippen molar-refractivity contribution in [2.24, 2.45) is 0 Å². The van der Waals surface area contributed by atoms with Gasteiger partial charge in [0.05, 0.1) is 4.91 Å². The molecule has 1 N–H and O–H groups in total. The topological polar surface area (TPSA) is 70.8 Å². The number of likely N-dealkylation sites (N-methyl/N-ethyl adjacent to an activating group) is 1. The molecular weight excluding hydrogens is 490 g/mol. The highest BCUT2D eigenvalue weighted by molar-refractivity contribution is 8.24. The number of amides is 1. The number of furan rings is 1. The van der Waals surface area contributed by atoms with E-state index < -0.39 is 0 Å². The molecule has 2 aromatic carbocycles. The second-order valence-electron chi connectivity index (χ2n) is 6.72. The molecule has 1 aromatic heterocycles. The molecule has 0 spiro atoms. The SMILES string of the molecule is C=CC.CC.CN(Cc1ccccc1)C(=O)/C(=C\c1ccc(-c2ccc(C=O)cc2)o1)SC=S.CO.